The van der Waals surface area contributed by atoms with Crippen molar-refractivity contribution in [3.63, 3.8) is 0 Å². The molecule has 5 aromatic rings. The highest BCUT2D eigenvalue weighted by molar-refractivity contribution is 8.46. The van der Waals surface area contributed by atoms with E-state index in [1.807, 2.05) is 60.0 Å². The third kappa shape index (κ3) is 10.9. The molecule has 15 nitrogen and oxygen atoms in total. The average Bonchev–Trinajstić information content (AvgIpc) is 4.19. The molecule has 2 N–H and O–H groups in total. The number of carboxylic acid groups (broad SMARTS) is 1. The van der Waals surface area contributed by atoms with Gasteiger partial charge in [-0.15, -0.1) is 0 Å². The summed E-state index contributed by atoms with van der Waals surface area (Å²) in [7, 11) is -2.51. The number of rotatable bonds is 20. The largest absolute Gasteiger partial charge is 0.491 e. The van der Waals surface area contributed by atoms with Crippen molar-refractivity contribution in [2.45, 2.75) is 94.3 Å². The molecule has 0 spiro atoms. The number of halogens is 3. The Bertz CT molecular complexity index is 2610. The van der Waals surface area contributed by atoms with Crippen molar-refractivity contribution in [3.05, 3.63) is 121 Å². The van der Waals surface area contributed by atoms with E-state index in [-0.39, 0.29) is 48.4 Å². The summed E-state index contributed by atoms with van der Waals surface area (Å²) < 4.78 is 73.7. The van der Waals surface area contributed by atoms with Gasteiger partial charge in [0, 0.05) is 84.2 Å². The van der Waals surface area contributed by atoms with E-state index in [0.717, 1.165) is 74.2 Å². The number of nitrogens with one attached hydrogen (secondary N) is 1. The molecule has 5 heterocycles. The molecule has 4 aliphatic rings. The number of benzene rings is 4. The minimum atomic E-state index is -2.51. The zero-order valence-electron chi connectivity index (χ0n) is 40.4. The van der Waals surface area contributed by atoms with Crippen LogP contribution in [0.1, 0.15) is 58.4 Å². The number of carboxylic acids is 1. The first-order valence-corrected chi connectivity index (χ1v) is 26.4. The second kappa shape index (κ2) is 21.8. The van der Waals surface area contributed by atoms with E-state index in [1.54, 1.807) is 12.1 Å². The van der Waals surface area contributed by atoms with E-state index in [1.165, 1.54) is 35.5 Å². The normalized spacial score (nSPS) is 24.7. The average molecular weight is 1000 g/mol. The Morgan fingerprint density at radius 1 is 0.915 bits per heavy atom. The minimum absolute atomic E-state index is 0.00137. The smallest absolute Gasteiger partial charge is 0.320 e. The Kier molecular flexibility index (Phi) is 15.3. The number of likely N-dealkylation sites (tertiary alicyclic amines) is 1. The quantitative estimate of drug-likeness (QED) is 0.0717. The summed E-state index contributed by atoms with van der Waals surface area (Å²) in [5, 5.41) is 14.1. The lowest BCUT2D eigenvalue weighted by atomic mass is 9.94. The van der Waals surface area contributed by atoms with Gasteiger partial charge >= 0.3 is 5.97 Å². The molecular formula is C52H63F3N8O7S. The molecule has 380 valence electrons. The molecule has 0 bridgehead atoms. The molecule has 5 atom stereocenters. The maximum absolute atomic E-state index is 15.6. The molecule has 0 radical (unpaired) electrons. The number of nitrogens with zero attached hydrogens (tertiary/aromatic N) is 7. The van der Waals surface area contributed by atoms with E-state index in [2.05, 4.69) is 43.7 Å². The van der Waals surface area contributed by atoms with Gasteiger partial charge in [0.2, 0.25) is 0 Å². The lowest BCUT2D eigenvalue weighted by Gasteiger charge is -2.38. The molecule has 0 aliphatic carbocycles. The fourth-order valence-electron chi connectivity index (χ4n) is 10.3. The second-order valence-electron chi connectivity index (χ2n) is 19.0. The number of aromatic nitrogens is 3. The van der Waals surface area contributed by atoms with Crippen LogP contribution in [0.25, 0.3) is 0 Å². The number of hydrogen-bond donors (Lipinski definition) is 2. The van der Waals surface area contributed by atoms with Gasteiger partial charge in [0.1, 0.15) is 48.3 Å². The van der Waals surface area contributed by atoms with Crippen LogP contribution in [-0.4, -0.2) is 130 Å². The minimum Gasteiger partial charge on any atom is -0.491 e. The number of anilines is 3. The fraction of sp³-hybridized carbons (Fsp3) is 0.462. The Morgan fingerprint density at radius 2 is 1.65 bits per heavy atom. The van der Waals surface area contributed by atoms with Crippen molar-refractivity contribution in [2.75, 3.05) is 79.4 Å². The summed E-state index contributed by atoms with van der Waals surface area (Å²) in [5.74, 6) is -1.55. The van der Waals surface area contributed by atoms with E-state index >= 15 is 13.6 Å². The second-order valence-corrected chi connectivity index (χ2v) is 21.8. The number of hydrogen-bond acceptors (Lipinski definition) is 12. The molecule has 0 saturated carbocycles. The van der Waals surface area contributed by atoms with Gasteiger partial charge in [-0.2, -0.15) is 5.10 Å². The Labute approximate surface area is 414 Å². The summed E-state index contributed by atoms with van der Waals surface area (Å²) >= 11 is 0. The highest BCUT2D eigenvalue weighted by Crippen LogP contribution is 2.62. The Hall–Kier alpha value is -6.02. The molecule has 4 fully saturated rings. The number of carbonyl (C=O) groups excluding carboxylic acids is 1. The van der Waals surface area contributed by atoms with Crippen LogP contribution in [0.3, 0.4) is 0 Å². The molecule has 4 saturated heterocycles. The van der Waals surface area contributed by atoms with Gasteiger partial charge in [-0.05, 0) is 106 Å². The van der Waals surface area contributed by atoms with Crippen molar-refractivity contribution in [2.24, 2.45) is 0 Å². The first kappa shape index (κ1) is 49.9. The van der Waals surface area contributed by atoms with Crippen LogP contribution in [-0.2, 0) is 26.4 Å². The van der Waals surface area contributed by atoms with E-state index in [4.69, 9.17) is 18.9 Å². The van der Waals surface area contributed by atoms with Gasteiger partial charge in [-0.3, -0.25) is 14.5 Å². The molecule has 1 aromatic heterocycles. The van der Waals surface area contributed by atoms with Crippen LogP contribution in [0.15, 0.2) is 102 Å². The Balaban J connectivity index is 0.851. The van der Waals surface area contributed by atoms with Crippen molar-refractivity contribution in [1.82, 2.24) is 24.6 Å². The van der Waals surface area contributed by atoms with Gasteiger partial charge in [0.15, 0.2) is 17.9 Å². The van der Waals surface area contributed by atoms with Gasteiger partial charge in [0.05, 0.1) is 25.8 Å². The van der Waals surface area contributed by atoms with Crippen molar-refractivity contribution in [3.8, 4) is 11.5 Å². The van der Waals surface area contributed by atoms with Crippen LogP contribution in [0, 0.1) is 17.5 Å². The maximum atomic E-state index is 15.6. The summed E-state index contributed by atoms with van der Waals surface area (Å²) in [5.41, 5.74) is 1.43. The molecule has 9 rings (SSSR count). The maximum Gasteiger partial charge on any atom is 0.320 e. The highest BCUT2D eigenvalue weighted by atomic mass is 32.3. The van der Waals surface area contributed by atoms with Crippen molar-refractivity contribution >= 4 is 38.5 Å². The Morgan fingerprint density at radius 3 is 2.30 bits per heavy atom. The molecule has 4 aliphatic heterocycles. The first-order valence-electron chi connectivity index (χ1n) is 24.6. The van der Waals surface area contributed by atoms with E-state index in [9.17, 15) is 14.3 Å². The molecule has 2 unspecified atom stereocenters. The zero-order valence-corrected chi connectivity index (χ0v) is 41.2. The SMILES string of the molecule is CCCCCOc1ccc(NS2(c3ccc(N4CCN(c5ccc(OC[C@H]6OC[C@](Cn7cncn7)(c7ccc(F)cc7F)O6)cc5)CC4)cc3)C[C@@H](CN3CCCC3C(=O)O)N(C(C)C)C2=O)cc1F. The highest BCUT2D eigenvalue weighted by Gasteiger charge is 2.51. The van der Waals surface area contributed by atoms with Crippen LogP contribution >= 0.6 is 10.2 Å². The van der Waals surface area contributed by atoms with Gasteiger partial charge in [0.25, 0.3) is 5.24 Å². The molecule has 4 aromatic carbocycles. The lowest BCUT2D eigenvalue weighted by Crippen LogP contribution is -2.48. The zero-order chi connectivity index (χ0) is 49.7. The topological polar surface area (TPSA) is 147 Å². The fourth-order valence-corrected chi connectivity index (χ4v) is 13.8. The molecule has 71 heavy (non-hydrogen) atoms. The molecule has 19 heteroatoms. The van der Waals surface area contributed by atoms with Crippen LogP contribution in [0.2, 0.25) is 0 Å². The van der Waals surface area contributed by atoms with Crippen LogP contribution in [0.5, 0.6) is 11.5 Å². The lowest BCUT2D eigenvalue weighted by molar-refractivity contribution is -0.142. The summed E-state index contributed by atoms with van der Waals surface area (Å²) in [6.07, 6.45) is 6.26. The standard InChI is InChI=1S/C52H63F3N8O7S/c1-4-5-6-26-67-48-20-10-38(28-46(48)55)58-71(31-41(63(36(2)3)51(71)66)29-61-21-7-8-47(61)50(64)65)43-17-13-40(14-18-43)60-24-22-59(23-25-60)39-11-15-42(16-12-39)68-30-49-69-33-52(70-49,32-62-35-56-34-57-62)44-19-9-37(53)27-45(44)54/h9-20,27-28,34-36,41,47,49,58H,4-8,21-26,29-33H2,1-3H3,(H,64,65)/t41-,47?,49+,52-/m1/s1. The summed E-state index contributed by atoms with van der Waals surface area (Å²) in [4.78, 5) is 40.6. The number of amides is 1. The van der Waals surface area contributed by atoms with Crippen molar-refractivity contribution < 1.29 is 46.8 Å². The van der Waals surface area contributed by atoms with Gasteiger partial charge in [-0.25, -0.2) is 22.8 Å². The van der Waals surface area contributed by atoms with Gasteiger partial charge < -0.3 is 43.5 Å². The predicted octanol–water partition coefficient (Wildman–Crippen LogP) is 8.89. The summed E-state index contributed by atoms with van der Waals surface area (Å²) in [6.45, 7) is 10.8. The number of carbonyl (C=O) groups is 2. The van der Waals surface area contributed by atoms with Crippen LogP contribution < -0.4 is 24.0 Å². The van der Waals surface area contributed by atoms with Crippen LogP contribution in [0.4, 0.5) is 35.0 Å². The van der Waals surface area contributed by atoms with E-state index in [0.29, 0.717) is 43.3 Å². The van der Waals surface area contributed by atoms with E-state index < -0.39 is 51.6 Å². The molecular weight excluding hydrogens is 938 g/mol. The van der Waals surface area contributed by atoms with Gasteiger partial charge in [-0.1, -0.05) is 36.0 Å². The summed E-state index contributed by atoms with van der Waals surface area (Å²) in [6, 6.07) is 23.2. The monoisotopic (exact) mass is 1000 g/mol. The first-order chi connectivity index (χ1) is 34.3. The number of ether oxygens (including phenoxy) is 4. The third-order valence-corrected chi connectivity index (χ3v) is 17.2. The third-order valence-electron chi connectivity index (χ3n) is 13.9. The number of unbranched alkanes of at least 4 members (excludes halogenated alkanes) is 2. The predicted molar refractivity (Wildman–Crippen MR) is 266 cm³/mol. The number of aliphatic carboxylic acids is 1. The number of piperazine rings is 1. The van der Waals surface area contributed by atoms with Crippen molar-refractivity contribution in [1.29, 1.82) is 0 Å². The molecule has 1 amide bonds.